The lowest BCUT2D eigenvalue weighted by molar-refractivity contribution is 0.576. The summed E-state index contributed by atoms with van der Waals surface area (Å²) in [7, 11) is 1.93. The second-order valence-corrected chi connectivity index (χ2v) is 5.16. The molecule has 1 unspecified atom stereocenters. The van der Waals surface area contributed by atoms with Crippen LogP contribution in [-0.2, 0) is 5.75 Å². The number of thioether (sulfide) groups is 1. The van der Waals surface area contributed by atoms with Gasteiger partial charge < -0.3 is 5.32 Å². The lowest BCUT2D eigenvalue weighted by Gasteiger charge is -2.16. The van der Waals surface area contributed by atoms with Gasteiger partial charge in [-0.25, -0.2) is 4.39 Å². The van der Waals surface area contributed by atoms with E-state index in [1.165, 1.54) is 0 Å². The summed E-state index contributed by atoms with van der Waals surface area (Å²) in [4.78, 5) is 0. The lowest BCUT2D eigenvalue weighted by atomic mass is 9.99. The van der Waals surface area contributed by atoms with E-state index in [2.05, 4.69) is 5.32 Å². The Morgan fingerprint density at radius 2 is 2.33 bits per heavy atom. The Balaban J connectivity index is 2.46. The fourth-order valence-corrected chi connectivity index (χ4v) is 3.08. The molecule has 4 heteroatoms. The fourth-order valence-electron chi connectivity index (χ4n) is 1.89. The van der Waals surface area contributed by atoms with E-state index in [-0.39, 0.29) is 10.8 Å². The third-order valence-corrected chi connectivity index (χ3v) is 4.04. The highest BCUT2D eigenvalue weighted by Crippen LogP contribution is 2.33. The van der Waals surface area contributed by atoms with Crippen molar-refractivity contribution in [1.82, 2.24) is 5.32 Å². The van der Waals surface area contributed by atoms with Crippen molar-refractivity contribution >= 4 is 23.4 Å². The number of halogens is 2. The minimum Gasteiger partial charge on any atom is -0.313 e. The van der Waals surface area contributed by atoms with Crippen molar-refractivity contribution in [3.05, 3.63) is 34.1 Å². The first kappa shape index (κ1) is 11.2. The molecule has 0 bridgehead atoms. The van der Waals surface area contributed by atoms with Crippen molar-refractivity contribution < 1.29 is 4.39 Å². The van der Waals surface area contributed by atoms with E-state index in [0.717, 1.165) is 29.1 Å². The van der Waals surface area contributed by atoms with Crippen molar-refractivity contribution in [2.45, 2.75) is 18.2 Å². The van der Waals surface area contributed by atoms with Crippen LogP contribution in [-0.4, -0.2) is 12.8 Å². The zero-order valence-corrected chi connectivity index (χ0v) is 10.1. The molecule has 0 aromatic heterocycles. The van der Waals surface area contributed by atoms with Gasteiger partial charge in [0.1, 0.15) is 5.82 Å². The fraction of sp³-hybridized carbons (Fsp3) is 0.455. The molecule has 0 aliphatic carbocycles. The summed E-state index contributed by atoms with van der Waals surface area (Å²) < 4.78 is 13.3. The average molecular weight is 246 g/mol. The van der Waals surface area contributed by atoms with Gasteiger partial charge in [-0.15, -0.1) is 0 Å². The molecule has 1 N–H and O–H groups in total. The van der Waals surface area contributed by atoms with Gasteiger partial charge in [-0.05, 0) is 42.5 Å². The Bertz CT molecular complexity index is 370. The highest BCUT2D eigenvalue weighted by atomic mass is 35.5. The second-order valence-electron chi connectivity index (χ2n) is 3.65. The molecule has 1 nitrogen and oxygen atoms in total. The Kier molecular flexibility index (Phi) is 3.54. The summed E-state index contributed by atoms with van der Waals surface area (Å²) in [5.74, 6) is 1.66. The number of hydrogen-bond donors (Lipinski definition) is 1. The van der Waals surface area contributed by atoms with Crippen LogP contribution in [0.4, 0.5) is 4.39 Å². The summed E-state index contributed by atoms with van der Waals surface area (Å²) in [6.45, 7) is 0. The van der Waals surface area contributed by atoms with Crippen LogP contribution in [0, 0.1) is 5.82 Å². The van der Waals surface area contributed by atoms with E-state index in [4.69, 9.17) is 11.6 Å². The third-order valence-electron chi connectivity index (χ3n) is 2.71. The molecule has 0 spiro atoms. The van der Waals surface area contributed by atoms with Gasteiger partial charge in [0, 0.05) is 11.8 Å². The molecule has 1 aliphatic rings. The van der Waals surface area contributed by atoms with E-state index in [1.807, 2.05) is 18.8 Å². The molecule has 1 atom stereocenters. The van der Waals surface area contributed by atoms with Gasteiger partial charge in [-0.2, -0.15) is 11.8 Å². The maximum Gasteiger partial charge on any atom is 0.142 e. The van der Waals surface area contributed by atoms with Crippen molar-refractivity contribution in [2.75, 3.05) is 12.8 Å². The smallest absolute Gasteiger partial charge is 0.142 e. The minimum atomic E-state index is -0.312. The molecule has 1 aliphatic heterocycles. The summed E-state index contributed by atoms with van der Waals surface area (Å²) in [6, 6.07) is 3.63. The average Bonchev–Trinajstić information content (AvgIpc) is 2.41. The molecular formula is C11H13ClFNS. The first-order valence-electron chi connectivity index (χ1n) is 4.95. The van der Waals surface area contributed by atoms with Crippen molar-refractivity contribution in [3.8, 4) is 0 Å². The quantitative estimate of drug-likeness (QED) is 0.814. The molecule has 1 aromatic carbocycles. The molecule has 0 radical (unpaired) electrons. The van der Waals surface area contributed by atoms with E-state index < -0.39 is 0 Å². The molecule has 82 valence electrons. The summed E-state index contributed by atoms with van der Waals surface area (Å²) in [5.41, 5.74) is 2.22. The second kappa shape index (κ2) is 4.73. The van der Waals surface area contributed by atoms with Crippen LogP contribution in [0.15, 0.2) is 12.1 Å². The predicted molar refractivity (Wildman–Crippen MR) is 64.0 cm³/mol. The highest BCUT2D eigenvalue weighted by Gasteiger charge is 2.19. The standard InChI is InChI=1S/C11H13ClFNS/c1-14-11-2-3-15-6-7-4-10(13)9(12)5-8(7)11/h4-5,11,14H,2-3,6H2,1H3. The van der Waals surface area contributed by atoms with E-state index in [1.54, 1.807) is 12.1 Å². The van der Waals surface area contributed by atoms with Crippen LogP contribution in [0.2, 0.25) is 5.02 Å². The Labute approximate surface area is 98.4 Å². The monoisotopic (exact) mass is 245 g/mol. The van der Waals surface area contributed by atoms with Gasteiger partial charge in [0.2, 0.25) is 0 Å². The SMILES string of the molecule is CNC1CCSCc2cc(F)c(Cl)cc21. The van der Waals surface area contributed by atoms with Gasteiger partial charge in [0.25, 0.3) is 0 Å². The topological polar surface area (TPSA) is 12.0 Å². The van der Waals surface area contributed by atoms with Crippen molar-refractivity contribution in [3.63, 3.8) is 0 Å². The van der Waals surface area contributed by atoms with Crippen LogP contribution in [0.25, 0.3) is 0 Å². The third kappa shape index (κ3) is 2.30. The first-order chi connectivity index (χ1) is 7.22. The van der Waals surface area contributed by atoms with E-state index in [9.17, 15) is 4.39 Å². The Hall–Kier alpha value is -0.250. The number of nitrogens with one attached hydrogen (secondary N) is 1. The van der Waals surface area contributed by atoms with Gasteiger partial charge in [-0.3, -0.25) is 0 Å². The summed E-state index contributed by atoms with van der Waals surface area (Å²) in [5, 5.41) is 3.48. The van der Waals surface area contributed by atoms with E-state index in [0.29, 0.717) is 6.04 Å². The zero-order chi connectivity index (χ0) is 10.8. The number of fused-ring (bicyclic) bond motifs is 1. The van der Waals surface area contributed by atoms with E-state index >= 15 is 0 Å². The summed E-state index contributed by atoms with van der Waals surface area (Å²) in [6.07, 6.45) is 1.07. The number of benzene rings is 1. The van der Waals surface area contributed by atoms with Crippen molar-refractivity contribution in [2.24, 2.45) is 0 Å². The van der Waals surface area contributed by atoms with Crippen LogP contribution in [0.3, 0.4) is 0 Å². The molecular weight excluding hydrogens is 233 g/mol. The molecule has 2 rings (SSSR count). The summed E-state index contributed by atoms with van der Waals surface area (Å²) >= 11 is 7.65. The molecule has 1 aromatic rings. The van der Waals surface area contributed by atoms with Crippen LogP contribution in [0.1, 0.15) is 23.6 Å². The zero-order valence-electron chi connectivity index (χ0n) is 8.52. The van der Waals surface area contributed by atoms with Crippen LogP contribution in [0.5, 0.6) is 0 Å². The van der Waals surface area contributed by atoms with Gasteiger partial charge >= 0.3 is 0 Å². The normalized spacial score (nSPS) is 20.9. The molecule has 1 heterocycles. The molecule has 0 saturated carbocycles. The lowest BCUT2D eigenvalue weighted by Crippen LogP contribution is -2.17. The highest BCUT2D eigenvalue weighted by molar-refractivity contribution is 7.98. The molecule has 0 fully saturated rings. The largest absolute Gasteiger partial charge is 0.313 e. The maximum atomic E-state index is 13.3. The predicted octanol–water partition coefficient (Wildman–Crippen LogP) is 3.38. The maximum absolute atomic E-state index is 13.3. The Morgan fingerprint density at radius 3 is 3.07 bits per heavy atom. The van der Waals surface area contributed by atoms with Gasteiger partial charge in [0.15, 0.2) is 0 Å². The van der Waals surface area contributed by atoms with Gasteiger partial charge in [0.05, 0.1) is 5.02 Å². The van der Waals surface area contributed by atoms with Crippen LogP contribution >= 0.6 is 23.4 Å². The minimum absolute atomic E-state index is 0.223. The van der Waals surface area contributed by atoms with Crippen LogP contribution < -0.4 is 5.32 Å². The Morgan fingerprint density at radius 1 is 1.53 bits per heavy atom. The first-order valence-corrected chi connectivity index (χ1v) is 6.48. The molecule has 15 heavy (non-hydrogen) atoms. The number of rotatable bonds is 1. The van der Waals surface area contributed by atoms with Crippen molar-refractivity contribution in [1.29, 1.82) is 0 Å². The van der Waals surface area contributed by atoms with Gasteiger partial charge in [-0.1, -0.05) is 11.6 Å². The molecule has 0 saturated heterocycles. The number of hydrogen-bond acceptors (Lipinski definition) is 2. The molecule has 0 amide bonds.